The van der Waals surface area contributed by atoms with Crippen molar-refractivity contribution >= 4 is 29.2 Å². The number of fused-ring (bicyclic) bond motifs is 1. The maximum Gasteiger partial charge on any atom is 0.318 e. The van der Waals surface area contributed by atoms with Gasteiger partial charge in [-0.25, -0.2) is 0 Å². The molecule has 1 aromatic carbocycles. The van der Waals surface area contributed by atoms with Gasteiger partial charge in [-0.05, 0) is 26.0 Å². The summed E-state index contributed by atoms with van der Waals surface area (Å²) in [7, 11) is 0. The quantitative estimate of drug-likeness (QED) is 0.781. The molecule has 0 atom stereocenters. The zero-order chi connectivity index (χ0) is 14.2. The molecule has 1 aromatic rings. The molecular formula is C13H14N2O4. The topological polar surface area (TPSA) is 86.7 Å². The van der Waals surface area contributed by atoms with Crippen LogP contribution in [0.15, 0.2) is 24.3 Å². The summed E-state index contributed by atoms with van der Waals surface area (Å²) in [5.41, 5.74) is -0.556. The molecular weight excluding hydrogens is 248 g/mol. The zero-order valence-corrected chi connectivity index (χ0v) is 10.6. The van der Waals surface area contributed by atoms with Gasteiger partial charge in [0.05, 0.1) is 11.4 Å². The minimum Gasteiger partial charge on any atom is -0.480 e. The molecule has 0 saturated heterocycles. The highest BCUT2D eigenvalue weighted by molar-refractivity contribution is 6.15. The van der Waals surface area contributed by atoms with Gasteiger partial charge in [0.25, 0.3) is 0 Å². The van der Waals surface area contributed by atoms with Gasteiger partial charge in [0.1, 0.15) is 12.0 Å². The molecule has 0 aromatic heterocycles. The summed E-state index contributed by atoms with van der Waals surface area (Å²) in [6, 6.07) is 6.80. The fourth-order valence-corrected chi connectivity index (χ4v) is 1.84. The fraction of sp³-hybridized carbons (Fsp3) is 0.308. The molecule has 6 nitrogen and oxygen atoms in total. The summed E-state index contributed by atoms with van der Waals surface area (Å²) in [6.07, 6.45) is 0. The van der Waals surface area contributed by atoms with E-state index in [1.165, 1.54) is 18.7 Å². The fourth-order valence-electron chi connectivity index (χ4n) is 1.84. The second-order valence-electron chi connectivity index (χ2n) is 4.89. The van der Waals surface area contributed by atoms with Gasteiger partial charge in [0, 0.05) is 0 Å². The number of hydrogen-bond acceptors (Lipinski definition) is 3. The second kappa shape index (κ2) is 4.38. The molecule has 0 fully saturated rings. The number of aliphatic carboxylic acids is 1. The minimum atomic E-state index is -1.58. The molecule has 2 amide bonds. The van der Waals surface area contributed by atoms with Crippen molar-refractivity contribution in [1.29, 1.82) is 0 Å². The van der Waals surface area contributed by atoms with Crippen molar-refractivity contribution in [1.82, 2.24) is 0 Å². The number of para-hydroxylation sites is 2. The van der Waals surface area contributed by atoms with E-state index in [1.54, 1.807) is 24.3 Å². The van der Waals surface area contributed by atoms with E-state index >= 15 is 0 Å². The van der Waals surface area contributed by atoms with Crippen LogP contribution in [0, 0.1) is 5.41 Å². The van der Waals surface area contributed by atoms with Crippen LogP contribution >= 0.6 is 0 Å². The van der Waals surface area contributed by atoms with E-state index in [0.29, 0.717) is 11.4 Å². The lowest BCUT2D eigenvalue weighted by atomic mass is 9.91. The molecule has 0 bridgehead atoms. The predicted molar refractivity (Wildman–Crippen MR) is 68.8 cm³/mol. The van der Waals surface area contributed by atoms with Crippen LogP contribution in [0.2, 0.25) is 0 Å². The molecule has 100 valence electrons. The van der Waals surface area contributed by atoms with Crippen molar-refractivity contribution in [3.8, 4) is 0 Å². The van der Waals surface area contributed by atoms with E-state index in [0.717, 1.165) is 0 Å². The van der Waals surface area contributed by atoms with Gasteiger partial charge in [-0.15, -0.1) is 0 Å². The van der Waals surface area contributed by atoms with Crippen LogP contribution < -0.4 is 10.2 Å². The Morgan fingerprint density at radius 2 is 1.95 bits per heavy atom. The molecule has 1 aliphatic heterocycles. The Kier molecular flexibility index (Phi) is 3.01. The normalized spacial score (nSPS) is 14.6. The van der Waals surface area contributed by atoms with Crippen LogP contribution in [0.25, 0.3) is 0 Å². The van der Waals surface area contributed by atoms with Crippen molar-refractivity contribution in [3.05, 3.63) is 24.3 Å². The summed E-state index contributed by atoms with van der Waals surface area (Å²) in [6.45, 7) is 2.48. The number of carboxylic acids is 1. The first-order chi connectivity index (χ1) is 8.84. The van der Waals surface area contributed by atoms with E-state index in [4.69, 9.17) is 5.11 Å². The van der Waals surface area contributed by atoms with Gasteiger partial charge in [0.15, 0.2) is 0 Å². The van der Waals surface area contributed by atoms with Gasteiger partial charge in [-0.2, -0.15) is 0 Å². The average Bonchev–Trinajstić information content (AvgIpc) is 2.36. The average molecular weight is 262 g/mol. The van der Waals surface area contributed by atoms with Gasteiger partial charge >= 0.3 is 5.97 Å². The van der Waals surface area contributed by atoms with Crippen LogP contribution in [0.3, 0.4) is 0 Å². The number of hydrogen-bond donors (Lipinski definition) is 2. The molecule has 0 unspecified atom stereocenters. The van der Waals surface area contributed by atoms with Crippen LogP contribution in [-0.2, 0) is 14.4 Å². The highest BCUT2D eigenvalue weighted by atomic mass is 16.4. The number of carbonyl (C=O) groups is 3. The predicted octanol–water partition coefficient (Wildman–Crippen LogP) is 1.08. The Hall–Kier alpha value is -2.37. The smallest absolute Gasteiger partial charge is 0.318 e. The summed E-state index contributed by atoms with van der Waals surface area (Å²) in [5, 5.41) is 11.8. The number of anilines is 2. The van der Waals surface area contributed by atoms with E-state index in [2.05, 4.69) is 5.32 Å². The van der Waals surface area contributed by atoms with Crippen molar-refractivity contribution < 1.29 is 19.5 Å². The third-order valence-corrected chi connectivity index (χ3v) is 3.09. The Labute approximate surface area is 110 Å². The van der Waals surface area contributed by atoms with E-state index in [-0.39, 0.29) is 12.5 Å². The number of rotatable bonds is 2. The zero-order valence-electron chi connectivity index (χ0n) is 10.6. The molecule has 6 heteroatoms. The number of amides is 2. The third-order valence-electron chi connectivity index (χ3n) is 3.09. The maximum atomic E-state index is 12.3. The second-order valence-corrected chi connectivity index (χ2v) is 4.89. The van der Waals surface area contributed by atoms with Crippen molar-refractivity contribution in [3.63, 3.8) is 0 Å². The van der Waals surface area contributed by atoms with Gasteiger partial charge in [-0.3, -0.25) is 19.3 Å². The first kappa shape index (κ1) is 13.1. The Bertz CT molecular complexity index is 566. The molecule has 0 radical (unpaired) electrons. The largest absolute Gasteiger partial charge is 0.480 e. The minimum absolute atomic E-state index is 0.174. The van der Waals surface area contributed by atoms with Crippen molar-refractivity contribution in [2.45, 2.75) is 13.8 Å². The molecule has 19 heavy (non-hydrogen) atoms. The van der Waals surface area contributed by atoms with E-state index in [9.17, 15) is 14.4 Å². The lowest BCUT2D eigenvalue weighted by Gasteiger charge is -2.33. The van der Waals surface area contributed by atoms with Gasteiger partial charge < -0.3 is 10.4 Å². The highest BCUT2D eigenvalue weighted by Crippen LogP contribution is 2.32. The monoisotopic (exact) mass is 262 g/mol. The van der Waals surface area contributed by atoms with Crippen molar-refractivity contribution in [2.75, 3.05) is 16.8 Å². The number of benzene rings is 1. The van der Waals surface area contributed by atoms with Crippen LogP contribution in [0.5, 0.6) is 0 Å². The first-order valence-corrected chi connectivity index (χ1v) is 5.78. The molecule has 0 spiro atoms. The molecule has 2 rings (SSSR count). The Morgan fingerprint density at radius 3 is 2.58 bits per heavy atom. The standard InChI is InChI=1S/C13H14N2O4/c1-13(2,12(18)19)11(17)15-7-10(16)14-8-5-3-4-6-9(8)15/h3-6H,7H2,1-2H3,(H,14,16)(H,18,19). The van der Waals surface area contributed by atoms with Gasteiger partial charge in [0.2, 0.25) is 11.8 Å². The SMILES string of the molecule is CC(C)(C(=O)O)C(=O)N1CC(=O)Nc2ccccc21. The Morgan fingerprint density at radius 1 is 1.32 bits per heavy atom. The first-order valence-electron chi connectivity index (χ1n) is 5.78. The molecule has 1 aliphatic rings. The van der Waals surface area contributed by atoms with Crippen LogP contribution in [0.4, 0.5) is 11.4 Å². The number of nitrogens with one attached hydrogen (secondary N) is 1. The number of carboxylic acid groups (broad SMARTS) is 1. The summed E-state index contributed by atoms with van der Waals surface area (Å²) in [4.78, 5) is 36.3. The van der Waals surface area contributed by atoms with Gasteiger partial charge in [-0.1, -0.05) is 12.1 Å². The maximum absolute atomic E-state index is 12.3. The lowest BCUT2D eigenvalue weighted by Crippen LogP contribution is -2.50. The molecule has 0 aliphatic carbocycles. The van der Waals surface area contributed by atoms with Crippen LogP contribution in [-0.4, -0.2) is 29.4 Å². The molecule has 1 heterocycles. The molecule has 2 N–H and O–H groups in total. The van der Waals surface area contributed by atoms with E-state index in [1.807, 2.05) is 0 Å². The Balaban J connectivity index is 2.44. The van der Waals surface area contributed by atoms with Crippen LogP contribution in [0.1, 0.15) is 13.8 Å². The third kappa shape index (κ3) is 2.16. The lowest BCUT2D eigenvalue weighted by molar-refractivity contribution is -0.152. The number of nitrogens with zero attached hydrogens (tertiary/aromatic N) is 1. The summed E-state index contributed by atoms with van der Waals surface area (Å²) < 4.78 is 0. The molecule has 0 saturated carbocycles. The number of carbonyl (C=O) groups excluding carboxylic acids is 2. The van der Waals surface area contributed by atoms with E-state index < -0.39 is 17.3 Å². The summed E-state index contributed by atoms with van der Waals surface area (Å²) >= 11 is 0. The summed E-state index contributed by atoms with van der Waals surface area (Å²) in [5.74, 6) is -2.17. The highest BCUT2D eigenvalue weighted by Gasteiger charge is 2.41. The van der Waals surface area contributed by atoms with Crippen molar-refractivity contribution in [2.24, 2.45) is 5.41 Å².